The van der Waals surface area contributed by atoms with E-state index in [9.17, 15) is 37.1 Å². The minimum atomic E-state index is -5.20. The second-order valence-electron chi connectivity index (χ2n) is 13.1. The lowest BCUT2D eigenvalue weighted by molar-refractivity contribution is -0.176. The zero-order chi connectivity index (χ0) is 31.4. The summed E-state index contributed by atoms with van der Waals surface area (Å²) < 4.78 is 39.5. The molecular weight excluding hydrogens is 567 g/mol. The van der Waals surface area contributed by atoms with Crippen LogP contribution in [0.4, 0.5) is 18.9 Å². The molecule has 13 heteroatoms. The van der Waals surface area contributed by atoms with Gasteiger partial charge in [-0.1, -0.05) is 51.1 Å². The number of nitrogens with zero attached hydrogens (tertiary/aromatic N) is 1. The molecule has 1 saturated carbocycles. The largest absolute Gasteiger partial charge is 0.471 e. The fourth-order valence-corrected chi connectivity index (χ4v) is 7.20. The van der Waals surface area contributed by atoms with Crippen LogP contribution >= 0.6 is 0 Å². The van der Waals surface area contributed by atoms with Crippen LogP contribution in [-0.2, 0) is 30.4 Å². The number of carbonyl (C=O) groups is 5. The number of fused-ring (bicyclic) bond motifs is 6. The molecule has 1 saturated heterocycles. The number of primary amides is 1. The fourth-order valence-electron chi connectivity index (χ4n) is 7.20. The van der Waals surface area contributed by atoms with Gasteiger partial charge in [0, 0.05) is 18.2 Å². The topological polar surface area (TPSA) is 151 Å². The molecule has 5 amide bonds. The summed E-state index contributed by atoms with van der Waals surface area (Å²) in [5.41, 5.74) is 6.10. The van der Waals surface area contributed by atoms with Gasteiger partial charge in [-0.25, -0.2) is 0 Å². The van der Waals surface area contributed by atoms with Crippen LogP contribution in [0.25, 0.3) is 0 Å². The Hall–Kier alpha value is -3.90. The Labute approximate surface area is 247 Å². The van der Waals surface area contributed by atoms with Crippen molar-refractivity contribution in [2.45, 2.75) is 64.3 Å². The van der Waals surface area contributed by atoms with Crippen LogP contribution in [0.2, 0.25) is 0 Å². The number of nitrogens with one attached hydrogen (secondary N) is 3. The van der Waals surface area contributed by atoms with Gasteiger partial charge in [0.1, 0.15) is 18.1 Å². The second kappa shape index (κ2) is 11.0. The monoisotopic (exact) mass is 603 g/mol. The third kappa shape index (κ3) is 5.85. The number of likely N-dealkylation sites (tertiary alicyclic amines) is 1. The van der Waals surface area contributed by atoms with E-state index in [1.54, 1.807) is 12.1 Å². The number of halogens is 3. The summed E-state index contributed by atoms with van der Waals surface area (Å²) in [5.74, 6) is -5.92. The average molecular weight is 604 g/mol. The Morgan fingerprint density at radius 2 is 1.74 bits per heavy atom. The van der Waals surface area contributed by atoms with Gasteiger partial charge in [-0.15, -0.1) is 0 Å². The van der Waals surface area contributed by atoms with Crippen LogP contribution in [0.5, 0.6) is 0 Å². The van der Waals surface area contributed by atoms with Crippen molar-refractivity contribution in [3.05, 3.63) is 42.0 Å². The smallest absolute Gasteiger partial charge is 0.368 e. The van der Waals surface area contributed by atoms with Crippen molar-refractivity contribution in [1.29, 1.82) is 0 Å². The van der Waals surface area contributed by atoms with Crippen molar-refractivity contribution in [1.82, 2.24) is 15.5 Å². The van der Waals surface area contributed by atoms with Crippen molar-refractivity contribution in [3.63, 3.8) is 0 Å². The number of alkyl halides is 3. The number of hydrogen-bond acceptors (Lipinski definition) is 5. The van der Waals surface area contributed by atoms with Gasteiger partial charge in [0.05, 0.1) is 0 Å². The Kier molecular flexibility index (Phi) is 7.80. The number of hydrogen-bond donors (Lipinski definition) is 4. The molecule has 2 aliphatic heterocycles. The van der Waals surface area contributed by atoms with Gasteiger partial charge >= 0.3 is 12.1 Å². The highest BCUT2D eigenvalue weighted by Gasteiger charge is 2.59. The summed E-state index contributed by atoms with van der Waals surface area (Å²) in [4.78, 5) is 66.4. The molecule has 2 aliphatic carbocycles. The number of anilines is 1. The van der Waals surface area contributed by atoms with Crippen molar-refractivity contribution in [2.24, 2.45) is 40.7 Å². The van der Waals surface area contributed by atoms with E-state index >= 15 is 0 Å². The molecular formula is C30H36F3N5O5. The number of allylic oxidation sites excluding steroid dienone is 2. The number of rotatable bonds is 7. The van der Waals surface area contributed by atoms with E-state index in [-0.39, 0.29) is 42.5 Å². The summed E-state index contributed by atoms with van der Waals surface area (Å²) in [7, 11) is 0. The predicted molar refractivity (Wildman–Crippen MR) is 149 cm³/mol. The summed E-state index contributed by atoms with van der Waals surface area (Å²) in [6.45, 7) is 4.70. The molecule has 2 bridgehead atoms. The fraction of sp³-hybridized carbons (Fsp3) is 0.567. The van der Waals surface area contributed by atoms with Crippen molar-refractivity contribution in [2.75, 3.05) is 11.9 Å². The van der Waals surface area contributed by atoms with Crippen molar-refractivity contribution in [3.8, 4) is 0 Å². The number of benzene rings is 1. The maximum absolute atomic E-state index is 14.0. The maximum Gasteiger partial charge on any atom is 0.471 e. The lowest BCUT2D eigenvalue weighted by Gasteiger charge is -2.37. The van der Waals surface area contributed by atoms with E-state index in [0.29, 0.717) is 12.1 Å². The highest BCUT2D eigenvalue weighted by molar-refractivity contribution is 5.98. The van der Waals surface area contributed by atoms with Gasteiger partial charge in [0.2, 0.25) is 23.6 Å². The molecule has 0 aromatic heterocycles. The number of carbonyl (C=O) groups excluding carboxylic acids is 5. The molecule has 10 nitrogen and oxygen atoms in total. The number of para-hydroxylation sites is 1. The minimum absolute atomic E-state index is 0.0333. The minimum Gasteiger partial charge on any atom is -0.368 e. The summed E-state index contributed by atoms with van der Waals surface area (Å²) >= 11 is 0. The zero-order valence-corrected chi connectivity index (χ0v) is 24.1. The first-order valence-corrected chi connectivity index (χ1v) is 14.4. The standard InChI is InChI=1S/C30H36F3N5O5/c1-29(2,3)23(37-28(43)30(31,32)33)27(42)38-13-18-14-8-9-16(10-14)21(18)22(38)26(41)36-20(24(34)39)12-17-11-15-6-4-5-7-19(15)35-25(17)40/h4-9,14,16-18,20-23H,10-13H2,1-3H3,(H2,34,39)(H,35,40)(H,36,41)(H,37,43)/t14-,16+,17?,18-,20+,21+,22+,23-/m1/s1. The Bertz CT molecular complexity index is 1370. The first-order chi connectivity index (χ1) is 20.1. The summed E-state index contributed by atoms with van der Waals surface area (Å²) in [5, 5.41) is 7.32. The third-order valence-electron chi connectivity index (χ3n) is 9.29. The zero-order valence-electron chi connectivity index (χ0n) is 24.1. The normalized spacial score (nSPS) is 28.9. The highest BCUT2D eigenvalue weighted by Crippen LogP contribution is 2.54. The molecule has 2 heterocycles. The van der Waals surface area contributed by atoms with Crippen LogP contribution < -0.4 is 21.7 Å². The van der Waals surface area contributed by atoms with E-state index in [0.717, 1.165) is 12.0 Å². The molecule has 1 unspecified atom stereocenters. The van der Waals surface area contributed by atoms with Gasteiger partial charge in [0.15, 0.2) is 0 Å². The first kappa shape index (κ1) is 30.6. The second-order valence-corrected chi connectivity index (χ2v) is 13.1. The van der Waals surface area contributed by atoms with Gasteiger partial charge in [-0.05, 0) is 60.0 Å². The van der Waals surface area contributed by atoms with Gasteiger partial charge in [0.25, 0.3) is 0 Å². The van der Waals surface area contributed by atoms with E-state index in [1.807, 2.05) is 29.6 Å². The molecule has 1 aromatic carbocycles. The third-order valence-corrected chi connectivity index (χ3v) is 9.29. The van der Waals surface area contributed by atoms with E-state index < -0.39 is 59.3 Å². The maximum atomic E-state index is 14.0. The first-order valence-electron chi connectivity index (χ1n) is 14.4. The van der Waals surface area contributed by atoms with Gasteiger partial charge < -0.3 is 26.6 Å². The van der Waals surface area contributed by atoms with Crippen LogP contribution in [0.15, 0.2) is 36.4 Å². The molecule has 43 heavy (non-hydrogen) atoms. The summed E-state index contributed by atoms with van der Waals surface area (Å²) in [6.07, 6.45) is -0.133. The van der Waals surface area contributed by atoms with Gasteiger partial charge in [-0.2, -0.15) is 13.2 Å². The molecule has 2 fully saturated rings. The highest BCUT2D eigenvalue weighted by atomic mass is 19.4. The molecule has 8 atom stereocenters. The Balaban J connectivity index is 1.39. The SMILES string of the molecule is CC(C)(C)[C@H](NC(=O)C(F)(F)F)C(=O)N1C[C@H]2[C@@H]([C@H]1C(=O)N[C@@H](CC1Cc3ccccc3NC1=O)C(N)=O)[C@H]1C=C[C@@H]2C1. The molecule has 4 aliphatic rings. The van der Waals surface area contributed by atoms with Crippen LogP contribution in [-0.4, -0.2) is 65.3 Å². The van der Waals surface area contributed by atoms with E-state index in [2.05, 4.69) is 10.6 Å². The van der Waals surface area contributed by atoms with Crippen LogP contribution in [0.1, 0.15) is 39.2 Å². The molecule has 5 N–H and O–H groups in total. The predicted octanol–water partition coefficient (Wildman–Crippen LogP) is 1.90. The molecule has 1 aromatic rings. The van der Waals surface area contributed by atoms with E-state index in [4.69, 9.17) is 5.73 Å². The molecule has 232 valence electrons. The molecule has 0 spiro atoms. The Morgan fingerprint density at radius 1 is 1.07 bits per heavy atom. The quantitative estimate of drug-likeness (QED) is 0.351. The average Bonchev–Trinajstić information content (AvgIpc) is 3.63. The van der Waals surface area contributed by atoms with Crippen LogP contribution in [0, 0.1) is 35.0 Å². The number of nitrogens with two attached hydrogens (primary N) is 1. The lowest BCUT2D eigenvalue weighted by atomic mass is 9.81. The van der Waals surface area contributed by atoms with E-state index in [1.165, 1.54) is 25.7 Å². The van der Waals surface area contributed by atoms with Crippen LogP contribution in [0.3, 0.4) is 0 Å². The van der Waals surface area contributed by atoms with Crippen molar-refractivity contribution >= 4 is 35.2 Å². The van der Waals surface area contributed by atoms with Crippen molar-refractivity contribution < 1.29 is 37.1 Å². The number of amides is 5. The Morgan fingerprint density at radius 3 is 2.40 bits per heavy atom. The van der Waals surface area contributed by atoms with Gasteiger partial charge in [-0.3, -0.25) is 24.0 Å². The summed E-state index contributed by atoms with van der Waals surface area (Å²) in [6, 6.07) is 3.33. The molecule has 5 rings (SSSR count). The molecule has 0 radical (unpaired) electrons. The lowest BCUT2D eigenvalue weighted by Crippen LogP contribution is -2.61.